The van der Waals surface area contributed by atoms with Crippen LogP contribution in [0.1, 0.15) is 62.4 Å². The summed E-state index contributed by atoms with van der Waals surface area (Å²) >= 11 is 1.47. The van der Waals surface area contributed by atoms with Crippen molar-refractivity contribution in [2.75, 3.05) is 7.11 Å². The normalized spacial score (nSPS) is 17.2. The number of esters is 1. The number of benzene rings is 1. The summed E-state index contributed by atoms with van der Waals surface area (Å²) in [5.74, 6) is -0.129. The quantitative estimate of drug-likeness (QED) is 0.522. The van der Waals surface area contributed by atoms with Gasteiger partial charge in [-0.25, -0.2) is 9.79 Å². The molecule has 4 rings (SSSR count). The number of allylic oxidation sites excluding steroid dienone is 1. The maximum atomic E-state index is 13.0. The SMILES string of the molecule is CCC1=C(C(=O)OC)C(c2ccc(C(C)C)cc2)N2C(CC(=O)NCc3ccccn3)=CSC2=N1. The smallest absolute Gasteiger partial charge is 0.338 e. The minimum absolute atomic E-state index is 0.123. The summed E-state index contributed by atoms with van der Waals surface area (Å²) in [6.45, 7) is 6.64. The molecule has 0 bridgehead atoms. The topological polar surface area (TPSA) is 83.9 Å². The van der Waals surface area contributed by atoms with Gasteiger partial charge in [0.05, 0.1) is 43.1 Å². The van der Waals surface area contributed by atoms with Crippen molar-refractivity contribution >= 4 is 28.8 Å². The predicted molar refractivity (Wildman–Crippen MR) is 138 cm³/mol. The van der Waals surface area contributed by atoms with Gasteiger partial charge in [0.1, 0.15) is 0 Å². The monoisotopic (exact) mass is 490 g/mol. The fraction of sp³-hybridized carbons (Fsp3) is 0.333. The van der Waals surface area contributed by atoms with Crippen molar-refractivity contribution in [3.05, 3.63) is 87.9 Å². The number of amidine groups is 1. The molecule has 0 saturated heterocycles. The molecule has 1 aromatic heterocycles. The number of carbonyl (C=O) groups is 2. The van der Waals surface area contributed by atoms with Crippen LogP contribution in [0.3, 0.4) is 0 Å². The summed E-state index contributed by atoms with van der Waals surface area (Å²) in [7, 11) is 1.39. The van der Waals surface area contributed by atoms with Crippen molar-refractivity contribution in [1.82, 2.24) is 15.2 Å². The molecule has 1 unspecified atom stereocenters. The molecule has 8 heteroatoms. The first-order valence-corrected chi connectivity index (χ1v) is 12.6. The van der Waals surface area contributed by atoms with Crippen molar-refractivity contribution in [2.45, 2.75) is 52.1 Å². The predicted octanol–water partition coefficient (Wildman–Crippen LogP) is 5.05. The number of aromatic nitrogens is 1. The van der Waals surface area contributed by atoms with Crippen molar-refractivity contribution in [3.8, 4) is 0 Å². The minimum Gasteiger partial charge on any atom is -0.466 e. The highest BCUT2D eigenvalue weighted by Gasteiger charge is 2.41. The number of carbonyl (C=O) groups excluding carboxylic acids is 2. The molecule has 2 aliphatic heterocycles. The molecule has 0 radical (unpaired) electrons. The number of ether oxygens (including phenoxy) is 1. The number of hydrogen-bond acceptors (Lipinski definition) is 7. The maximum absolute atomic E-state index is 13.0. The van der Waals surface area contributed by atoms with Crippen LogP contribution in [0.15, 0.2) is 76.0 Å². The van der Waals surface area contributed by atoms with Gasteiger partial charge in [0.25, 0.3) is 0 Å². The molecular formula is C27H30N4O3S. The lowest BCUT2D eigenvalue weighted by Gasteiger charge is -2.36. The van der Waals surface area contributed by atoms with Crippen LogP contribution in [-0.4, -0.2) is 34.0 Å². The zero-order valence-electron chi connectivity index (χ0n) is 20.4. The lowest BCUT2D eigenvalue weighted by Crippen LogP contribution is -2.38. The second kappa shape index (κ2) is 10.9. The molecule has 182 valence electrons. The Bertz CT molecular complexity index is 1190. The van der Waals surface area contributed by atoms with Gasteiger partial charge in [-0.05, 0) is 41.0 Å². The van der Waals surface area contributed by atoms with Crippen LogP contribution in [0.2, 0.25) is 0 Å². The molecule has 1 atom stereocenters. The first-order chi connectivity index (χ1) is 16.9. The van der Waals surface area contributed by atoms with E-state index in [4.69, 9.17) is 9.73 Å². The van der Waals surface area contributed by atoms with E-state index in [1.807, 2.05) is 35.4 Å². The lowest BCUT2D eigenvalue weighted by molar-refractivity contribution is -0.136. The number of pyridine rings is 1. The van der Waals surface area contributed by atoms with Crippen LogP contribution in [0, 0.1) is 0 Å². The third-order valence-electron chi connectivity index (χ3n) is 6.08. The lowest BCUT2D eigenvalue weighted by atomic mass is 9.91. The largest absolute Gasteiger partial charge is 0.466 e. The van der Waals surface area contributed by atoms with Crippen LogP contribution in [0.5, 0.6) is 0 Å². The molecule has 0 saturated carbocycles. The number of methoxy groups -OCH3 is 1. The molecule has 3 heterocycles. The Labute approximate surface area is 210 Å². The highest BCUT2D eigenvalue weighted by molar-refractivity contribution is 8.16. The molecule has 1 amide bonds. The average molecular weight is 491 g/mol. The summed E-state index contributed by atoms with van der Waals surface area (Å²) in [6, 6.07) is 13.5. The third-order valence-corrected chi connectivity index (χ3v) is 6.97. The molecule has 0 fully saturated rings. The van der Waals surface area contributed by atoms with Gasteiger partial charge >= 0.3 is 5.97 Å². The Kier molecular flexibility index (Phi) is 7.70. The van der Waals surface area contributed by atoms with Gasteiger partial charge in [-0.2, -0.15) is 0 Å². The number of aliphatic imine (C=N–C) groups is 1. The van der Waals surface area contributed by atoms with E-state index in [1.165, 1.54) is 24.4 Å². The van der Waals surface area contributed by atoms with Crippen LogP contribution >= 0.6 is 11.8 Å². The fourth-order valence-electron chi connectivity index (χ4n) is 4.21. The molecule has 1 aromatic carbocycles. The molecule has 0 aliphatic carbocycles. The summed E-state index contributed by atoms with van der Waals surface area (Å²) in [4.78, 5) is 36.9. The number of nitrogens with zero attached hydrogens (tertiary/aromatic N) is 3. The number of fused-ring (bicyclic) bond motifs is 1. The number of amides is 1. The van der Waals surface area contributed by atoms with Gasteiger partial charge in [0.15, 0.2) is 5.17 Å². The van der Waals surface area contributed by atoms with E-state index in [0.29, 0.717) is 30.2 Å². The number of hydrogen-bond donors (Lipinski definition) is 1. The van der Waals surface area contributed by atoms with Crippen molar-refractivity contribution in [2.24, 2.45) is 4.99 Å². The minimum atomic E-state index is -0.420. The zero-order valence-corrected chi connectivity index (χ0v) is 21.3. The van der Waals surface area contributed by atoms with Gasteiger partial charge in [-0.3, -0.25) is 9.78 Å². The van der Waals surface area contributed by atoms with Crippen molar-refractivity contribution in [3.63, 3.8) is 0 Å². The van der Waals surface area contributed by atoms with Crippen LogP contribution < -0.4 is 5.32 Å². The van der Waals surface area contributed by atoms with E-state index in [0.717, 1.165) is 22.1 Å². The van der Waals surface area contributed by atoms with E-state index in [-0.39, 0.29) is 12.3 Å². The summed E-state index contributed by atoms with van der Waals surface area (Å²) in [6.07, 6.45) is 2.47. The van der Waals surface area contributed by atoms with Gasteiger partial charge < -0.3 is 15.0 Å². The molecule has 2 aromatic rings. The average Bonchev–Trinajstić information content (AvgIpc) is 3.28. The van der Waals surface area contributed by atoms with Crippen LogP contribution in [0.25, 0.3) is 0 Å². The fourth-order valence-corrected chi connectivity index (χ4v) is 5.15. The van der Waals surface area contributed by atoms with E-state index < -0.39 is 12.0 Å². The van der Waals surface area contributed by atoms with E-state index >= 15 is 0 Å². The maximum Gasteiger partial charge on any atom is 0.338 e. The second-order valence-electron chi connectivity index (χ2n) is 8.70. The summed E-state index contributed by atoms with van der Waals surface area (Å²) < 4.78 is 5.18. The Morgan fingerprint density at radius 2 is 1.94 bits per heavy atom. The van der Waals surface area contributed by atoms with E-state index in [9.17, 15) is 9.59 Å². The highest BCUT2D eigenvalue weighted by atomic mass is 32.2. The van der Waals surface area contributed by atoms with Crippen LogP contribution in [0.4, 0.5) is 0 Å². The van der Waals surface area contributed by atoms with Gasteiger partial charge in [-0.15, -0.1) is 0 Å². The summed E-state index contributed by atoms with van der Waals surface area (Å²) in [5, 5.41) is 5.65. The molecule has 35 heavy (non-hydrogen) atoms. The Morgan fingerprint density at radius 1 is 1.17 bits per heavy atom. The molecule has 1 N–H and O–H groups in total. The molecule has 0 spiro atoms. The summed E-state index contributed by atoms with van der Waals surface area (Å²) in [5.41, 5.74) is 4.99. The van der Waals surface area contributed by atoms with Gasteiger partial charge in [0, 0.05) is 11.9 Å². The van der Waals surface area contributed by atoms with E-state index in [2.05, 4.69) is 48.4 Å². The number of rotatable bonds is 8. The number of thioether (sulfide) groups is 1. The number of nitrogens with one attached hydrogen (secondary N) is 1. The zero-order chi connectivity index (χ0) is 24.9. The first kappa shape index (κ1) is 24.7. The van der Waals surface area contributed by atoms with Crippen molar-refractivity contribution in [1.29, 1.82) is 0 Å². The first-order valence-electron chi connectivity index (χ1n) is 11.7. The highest BCUT2D eigenvalue weighted by Crippen LogP contribution is 2.45. The third kappa shape index (κ3) is 5.32. The Morgan fingerprint density at radius 3 is 2.57 bits per heavy atom. The van der Waals surface area contributed by atoms with Gasteiger partial charge in [-0.1, -0.05) is 62.9 Å². The Balaban J connectivity index is 1.64. The van der Waals surface area contributed by atoms with E-state index in [1.54, 1.807) is 6.20 Å². The molecular weight excluding hydrogens is 460 g/mol. The molecule has 7 nitrogen and oxygen atoms in total. The Hall–Kier alpha value is -3.39. The van der Waals surface area contributed by atoms with Crippen molar-refractivity contribution < 1.29 is 14.3 Å². The van der Waals surface area contributed by atoms with Crippen LogP contribution in [-0.2, 0) is 20.9 Å². The standard InChI is InChI=1S/C27H30N4O3S/c1-5-22-24(26(33)34-4)25(19-11-9-18(10-12-19)17(2)3)31-21(16-35-27(31)30-22)14-23(32)29-15-20-8-6-7-13-28-20/h6-13,16-17,25H,5,14-15H2,1-4H3,(H,29,32). The molecule has 2 aliphatic rings. The van der Waals surface area contributed by atoms with Gasteiger partial charge in [0.2, 0.25) is 5.91 Å². The second-order valence-corrected chi connectivity index (χ2v) is 9.53.